The van der Waals surface area contributed by atoms with E-state index in [0.717, 1.165) is 11.3 Å². The minimum Gasteiger partial charge on any atom is -0.494 e. The first-order valence-electron chi connectivity index (χ1n) is 7.47. The average molecular weight is 317 g/mol. The van der Waals surface area contributed by atoms with Crippen molar-refractivity contribution in [2.75, 3.05) is 7.11 Å². The molecule has 0 unspecified atom stereocenters. The van der Waals surface area contributed by atoms with Gasteiger partial charge in [0, 0.05) is 12.4 Å². The van der Waals surface area contributed by atoms with E-state index in [1.54, 1.807) is 18.0 Å². The zero-order chi connectivity index (χ0) is 17.0. The molecule has 0 radical (unpaired) electrons. The molecule has 1 amide bonds. The molecule has 0 bridgehead atoms. The van der Waals surface area contributed by atoms with Crippen LogP contribution in [0.4, 0.5) is 4.79 Å². The number of methoxy groups -OCH3 is 1. The highest BCUT2D eigenvalue weighted by Crippen LogP contribution is 2.26. The van der Waals surface area contributed by atoms with Gasteiger partial charge in [0.2, 0.25) is 0 Å². The van der Waals surface area contributed by atoms with E-state index in [9.17, 15) is 4.79 Å². The van der Waals surface area contributed by atoms with Gasteiger partial charge in [-0.25, -0.2) is 9.48 Å². The van der Waals surface area contributed by atoms with Crippen molar-refractivity contribution in [3.05, 3.63) is 42.2 Å². The number of hydrogen-bond donors (Lipinski definition) is 1. The second-order valence-corrected chi connectivity index (χ2v) is 6.25. The summed E-state index contributed by atoms with van der Waals surface area (Å²) >= 11 is 0. The number of alkyl carbamates (subject to hydrolysis) is 1. The zero-order valence-electron chi connectivity index (χ0n) is 14.2. The van der Waals surface area contributed by atoms with Crippen molar-refractivity contribution in [3.8, 4) is 11.4 Å². The topological polar surface area (TPSA) is 65.4 Å². The summed E-state index contributed by atoms with van der Waals surface area (Å²) in [7, 11) is 1.61. The maximum absolute atomic E-state index is 11.9. The molecule has 124 valence electrons. The van der Waals surface area contributed by atoms with E-state index in [-0.39, 0.29) is 6.04 Å². The molecule has 1 heterocycles. The first-order valence-corrected chi connectivity index (χ1v) is 7.47. The van der Waals surface area contributed by atoms with Gasteiger partial charge in [-0.2, -0.15) is 5.10 Å². The van der Waals surface area contributed by atoms with Crippen molar-refractivity contribution in [1.29, 1.82) is 0 Å². The second-order valence-electron chi connectivity index (χ2n) is 6.25. The Balaban J connectivity index is 2.15. The van der Waals surface area contributed by atoms with Crippen LogP contribution in [0.3, 0.4) is 0 Å². The maximum atomic E-state index is 11.9. The maximum Gasteiger partial charge on any atom is 0.408 e. The predicted octanol–water partition coefficient (Wildman–Crippen LogP) is 3.47. The van der Waals surface area contributed by atoms with Crippen LogP contribution in [0.25, 0.3) is 5.69 Å². The van der Waals surface area contributed by atoms with Gasteiger partial charge in [0.1, 0.15) is 17.0 Å². The summed E-state index contributed by atoms with van der Waals surface area (Å²) in [4.78, 5) is 11.9. The lowest BCUT2D eigenvalue weighted by Gasteiger charge is -2.22. The molecule has 1 aromatic carbocycles. The number of rotatable bonds is 4. The summed E-state index contributed by atoms with van der Waals surface area (Å²) < 4.78 is 12.4. The Labute approximate surface area is 136 Å². The quantitative estimate of drug-likeness (QED) is 0.938. The lowest BCUT2D eigenvalue weighted by atomic mass is 10.1. The zero-order valence-corrected chi connectivity index (χ0v) is 14.2. The lowest BCUT2D eigenvalue weighted by molar-refractivity contribution is 0.0508. The van der Waals surface area contributed by atoms with Crippen LogP contribution in [0.5, 0.6) is 5.75 Å². The molecule has 1 aromatic heterocycles. The fourth-order valence-corrected chi connectivity index (χ4v) is 2.13. The summed E-state index contributed by atoms with van der Waals surface area (Å²) in [6, 6.07) is 7.38. The van der Waals surface area contributed by atoms with E-state index in [2.05, 4.69) is 10.4 Å². The first-order chi connectivity index (χ1) is 10.8. The Kier molecular flexibility index (Phi) is 4.93. The van der Waals surface area contributed by atoms with Gasteiger partial charge in [-0.05, 0) is 51.5 Å². The van der Waals surface area contributed by atoms with Gasteiger partial charge in [0.25, 0.3) is 0 Å². The monoisotopic (exact) mass is 317 g/mol. The van der Waals surface area contributed by atoms with Crippen molar-refractivity contribution in [3.63, 3.8) is 0 Å². The Bertz CT molecular complexity index is 660. The molecule has 0 saturated heterocycles. The molecule has 2 aromatic rings. The molecule has 23 heavy (non-hydrogen) atoms. The van der Waals surface area contributed by atoms with E-state index in [1.807, 2.05) is 58.2 Å². The number of ether oxygens (including phenoxy) is 2. The fourth-order valence-electron chi connectivity index (χ4n) is 2.13. The minimum absolute atomic E-state index is 0.203. The molecule has 6 heteroatoms. The number of nitrogens with zero attached hydrogens (tertiary/aromatic N) is 2. The van der Waals surface area contributed by atoms with Crippen LogP contribution in [0.2, 0.25) is 0 Å². The number of benzene rings is 1. The van der Waals surface area contributed by atoms with E-state index in [1.165, 1.54) is 0 Å². The van der Waals surface area contributed by atoms with Crippen LogP contribution in [-0.4, -0.2) is 28.6 Å². The number of hydrogen-bond acceptors (Lipinski definition) is 4. The second kappa shape index (κ2) is 6.73. The SMILES string of the molecule is COc1cc([C@@H](C)NC(=O)OC(C)(C)C)ccc1-n1cccn1. The third kappa shape index (κ3) is 4.48. The van der Waals surface area contributed by atoms with E-state index in [4.69, 9.17) is 9.47 Å². The van der Waals surface area contributed by atoms with Crippen LogP contribution in [-0.2, 0) is 4.74 Å². The number of carbonyl (C=O) groups excluding carboxylic acids is 1. The molecular formula is C17H23N3O3. The third-order valence-electron chi connectivity index (χ3n) is 3.19. The average Bonchev–Trinajstić information content (AvgIpc) is 2.98. The van der Waals surface area contributed by atoms with Crippen LogP contribution in [0.1, 0.15) is 39.3 Å². The van der Waals surface area contributed by atoms with Gasteiger partial charge in [0.15, 0.2) is 0 Å². The van der Waals surface area contributed by atoms with E-state index < -0.39 is 11.7 Å². The third-order valence-corrected chi connectivity index (χ3v) is 3.19. The normalized spacial score (nSPS) is 12.6. The van der Waals surface area contributed by atoms with Gasteiger partial charge in [-0.3, -0.25) is 0 Å². The molecule has 0 aliphatic rings. The minimum atomic E-state index is -0.522. The number of aromatic nitrogens is 2. The summed E-state index contributed by atoms with van der Waals surface area (Å²) in [5.74, 6) is 0.684. The van der Waals surface area contributed by atoms with Crippen molar-refractivity contribution in [2.45, 2.75) is 39.3 Å². The van der Waals surface area contributed by atoms with Crippen LogP contribution in [0, 0.1) is 0 Å². The van der Waals surface area contributed by atoms with Crippen LogP contribution < -0.4 is 10.1 Å². The Hall–Kier alpha value is -2.50. The van der Waals surface area contributed by atoms with Crippen molar-refractivity contribution < 1.29 is 14.3 Å². The molecule has 0 aliphatic carbocycles. The number of nitrogens with one attached hydrogen (secondary N) is 1. The van der Waals surface area contributed by atoms with Gasteiger partial charge >= 0.3 is 6.09 Å². The van der Waals surface area contributed by atoms with Gasteiger partial charge in [-0.15, -0.1) is 0 Å². The highest BCUT2D eigenvalue weighted by molar-refractivity contribution is 5.68. The fraction of sp³-hybridized carbons (Fsp3) is 0.412. The number of amides is 1. The standard InChI is InChI=1S/C17H23N3O3/c1-12(19-16(21)23-17(2,3)4)13-7-8-14(15(11-13)22-5)20-10-6-9-18-20/h6-12H,1-5H3,(H,19,21)/t12-/m1/s1. The van der Waals surface area contributed by atoms with Crippen molar-refractivity contribution in [2.24, 2.45) is 0 Å². The molecule has 1 N–H and O–H groups in total. The van der Waals surface area contributed by atoms with Crippen LogP contribution in [0.15, 0.2) is 36.7 Å². The molecular weight excluding hydrogens is 294 g/mol. The van der Waals surface area contributed by atoms with E-state index >= 15 is 0 Å². The highest BCUT2D eigenvalue weighted by Gasteiger charge is 2.19. The molecule has 0 aliphatic heterocycles. The van der Waals surface area contributed by atoms with Gasteiger partial charge < -0.3 is 14.8 Å². The Morgan fingerprint density at radius 2 is 2.09 bits per heavy atom. The van der Waals surface area contributed by atoms with Crippen molar-refractivity contribution in [1.82, 2.24) is 15.1 Å². The molecule has 0 saturated carbocycles. The van der Waals surface area contributed by atoms with E-state index in [0.29, 0.717) is 5.75 Å². The molecule has 0 spiro atoms. The largest absolute Gasteiger partial charge is 0.494 e. The smallest absolute Gasteiger partial charge is 0.408 e. The van der Waals surface area contributed by atoms with Crippen LogP contribution >= 0.6 is 0 Å². The molecule has 6 nitrogen and oxygen atoms in total. The summed E-state index contributed by atoms with van der Waals surface area (Å²) in [6.07, 6.45) is 3.11. The lowest BCUT2D eigenvalue weighted by Crippen LogP contribution is -2.34. The Morgan fingerprint density at radius 1 is 1.35 bits per heavy atom. The number of carbonyl (C=O) groups is 1. The molecule has 2 rings (SSSR count). The van der Waals surface area contributed by atoms with Crippen molar-refractivity contribution >= 4 is 6.09 Å². The predicted molar refractivity (Wildman–Crippen MR) is 87.9 cm³/mol. The Morgan fingerprint density at radius 3 is 2.65 bits per heavy atom. The van der Waals surface area contributed by atoms with Gasteiger partial charge in [-0.1, -0.05) is 6.07 Å². The molecule has 1 atom stereocenters. The first kappa shape index (κ1) is 16.9. The summed E-state index contributed by atoms with van der Waals surface area (Å²) in [5.41, 5.74) is 1.24. The van der Waals surface area contributed by atoms with Gasteiger partial charge in [0.05, 0.1) is 13.2 Å². The molecule has 0 fully saturated rings. The highest BCUT2D eigenvalue weighted by atomic mass is 16.6. The summed E-state index contributed by atoms with van der Waals surface area (Å²) in [5, 5.41) is 7.02. The summed E-state index contributed by atoms with van der Waals surface area (Å²) in [6.45, 7) is 7.39.